The van der Waals surface area contributed by atoms with Crippen molar-refractivity contribution in [2.75, 3.05) is 13.2 Å². The molecule has 0 aromatic carbocycles. The van der Waals surface area contributed by atoms with Crippen LogP contribution in [0, 0.1) is 5.92 Å². The number of aliphatic hydroxyl groups excluding tert-OH is 1. The van der Waals surface area contributed by atoms with Crippen molar-refractivity contribution < 1.29 is 14.6 Å². The summed E-state index contributed by atoms with van der Waals surface area (Å²) in [5.74, 6) is -0.416. The first-order valence-electron chi connectivity index (χ1n) is 5.24. The van der Waals surface area contributed by atoms with Gasteiger partial charge in [0.2, 0.25) is 0 Å². The first kappa shape index (κ1) is 12.0. The third-order valence-electron chi connectivity index (χ3n) is 2.39. The van der Waals surface area contributed by atoms with Crippen molar-refractivity contribution in [1.29, 1.82) is 0 Å². The Hall–Kier alpha value is -1.09. The molecule has 0 radical (unpaired) electrons. The average molecular weight is 210 g/mol. The molecule has 0 unspecified atom stereocenters. The summed E-state index contributed by atoms with van der Waals surface area (Å²) in [5.41, 5.74) is 2.08. The van der Waals surface area contributed by atoms with E-state index in [2.05, 4.69) is 0 Å². The second-order valence-electron chi connectivity index (χ2n) is 4.02. The first-order chi connectivity index (χ1) is 7.13. The van der Waals surface area contributed by atoms with Gasteiger partial charge in [-0.05, 0) is 25.8 Å². The largest absolute Gasteiger partial charge is 0.465 e. The highest BCUT2D eigenvalue weighted by Crippen LogP contribution is 2.18. The van der Waals surface area contributed by atoms with Crippen LogP contribution in [0.25, 0.3) is 0 Å². The number of ether oxygens (including phenoxy) is 1. The van der Waals surface area contributed by atoms with Crippen LogP contribution in [0.3, 0.4) is 0 Å². The van der Waals surface area contributed by atoms with Crippen molar-refractivity contribution in [3.8, 4) is 0 Å². The first-order valence-corrected chi connectivity index (χ1v) is 5.24. The van der Waals surface area contributed by atoms with Crippen LogP contribution in [0.5, 0.6) is 0 Å². The van der Waals surface area contributed by atoms with Gasteiger partial charge in [0.1, 0.15) is 0 Å². The third-order valence-corrected chi connectivity index (χ3v) is 2.39. The van der Waals surface area contributed by atoms with Gasteiger partial charge in [-0.1, -0.05) is 17.7 Å². The van der Waals surface area contributed by atoms with Crippen molar-refractivity contribution in [2.45, 2.75) is 26.7 Å². The van der Waals surface area contributed by atoms with Gasteiger partial charge in [0, 0.05) is 6.42 Å². The number of hydrogen-bond donors (Lipinski definition) is 1. The maximum atomic E-state index is 11.5. The van der Waals surface area contributed by atoms with Crippen LogP contribution in [-0.2, 0) is 9.53 Å². The van der Waals surface area contributed by atoms with Gasteiger partial charge in [-0.2, -0.15) is 0 Å². The monoisotopic (exact) mass is 210 g/mol. The zero-order valence-electron chi connectivity index (χ0n) is 9.32. The SMILES string of the molecule is CC(C)=CC[C@H]1C=C(CO)CCOC1=O. The molecule has 3 heteroatoms. The predicted molar refractivity (Wildman–Crippen MR) is 58.3 cm³/mol. The summed E-state index contributed by atoms with van der Waals surface area (Å²) in [7, 11) is 0. The molecular formula is C12H18O3. The molecule has 0 aromatic heterocycles. The molecular weight excluding hydrogens is 192 g/mol. The lowest BCUT2D eigenvalue weighted by molar-refractivity contribution is -0.146. The van der Waals surface area contributed by atoms with E-state index in [4.69, 9.17) is 9.84 Å². The van der Waals surface area contributed by atoms with Gasteiger partial charge in [-0.25, -0.2) is 0 Å². The fraction of sp³-hybridized carbons (Fsp3) is 0.583. The van der Waals surface area contributed by atoms with Gasteiger partial charge in [0.25, 0.3) is 0 Å². The van der Waals surface area contributed by atoms with E-state index in [0.29, 0.717) is 19.4 Å². The molecule has 0 amide bonds. The molecule has 3 nitrogen and oxygen atoms in total. The summed E-state index contributed by atoms with van der Waals surface area (Å²) in [6.07, 6.45) is 5.16. The molecule has 1 rings (SSSR count). The number of carbonyl (C=O) groups is 1. The molecule has 0 spiro atoms. The van der Waals surface area contributed by atoms with E-state index in [0.717, 1.165) is 5.57 Å². The summed E-state index contributed by atoms with van der Waals surface area (Å²) in [4.78, 5) is 11.5. The van der Waals surface area contributed by atoms with Crippen molar-refractivity contribution >= 4 is 5.97 Å². The summed E-state index contributed by atoms with van der Waals surface area (Å²) in [6, 6.07) is 0. The Kier molecular flexibility index (Phi) is 4.56. The van der Waals surface area contributed by atoms with Crippen LogP contribution in [0.2, 0.25) is 0 Å². The Morgan fingerprint density at radius 3 is 3.00 bits per heavy atom. The minimum absolute atomic E-state index is 0.0158. The fourth-order valence-electron chi connectivity index (χ4n) is 1.48. The zero-order valence-corrected chi connectivity index (χ0v) is 9.32. The summed E-state index contributed by atoms with van der Waals surface area (Å²) in [5, 5.41) is 9.05. The number of esters is 1. The molecule has 0 fully saturated rings. The number of carbonyl (C=O) groups excluding carboxylic acids is 1. The van der Waals surface area contributed by atoms with Crippen LogP contribution in [0.4, 0.5) is 0 Å². The lowest BCUT2D eigenvalue weighted by atomic mass is 10.0. The summed E-state index contributed by atoms with van der Waals surface area (Å²) >= 11 is 0. The average Bonchev–Trinajstić information content (AvgIpc) is 2.37. The Balaban J connectivity index is 2.72. The number of allylic oxidation sites excluding steroid dienone is 2. The van der Waals surface area contributed by atoms with Crippen LogP contribution >= 0.6 is 0 Å². The van der Waals surface area contributed by atoms with E-state index in [9.17, 15) is 4.79 Å². The number of hydrogen-bond acceptors (Lipinski definition) is 3. The Bertz CT molecular complexity index is 285. The highest BCUT2D eigenvalue weighted by atomic mass is 16.5. The fourth-order valence-corrected chi connectivity index (χ4v) is 1.48. The van der Waals surface area contributed by atoms with Crippen molar-refractivity contribution in [1.82, 2.24) is 0 Å². The number of cyclic esters (lactones) is 1. The van der Waals surface area contributed by atoms with Gasteiger partial charge in [0.15, 0.2) is 0 Å². The smallest absolute Gasteiger partial charge is 0.313 e. The molecule has 0 aliphatic carbocycles. The Morgan fingerprint density at radius 1 is 1.67 bits per heavy atom. The van der Waals surface area contributed by atoms with Gasteiger partial charge in [0.05, 0.1) is 19.1 Å². The molecule has 0 saturated carbocycles. The van der Waals surface area contributed by atoms with E-state index in [-0.39, 0.29) is 18.5 Å². The second kappa shape index (κ2) is 5.71. The molecule has 1 aliphatic heterocycles. The van der Waals surface area contributed by atoms with E-state index in [1.807, 2.05) is 26.0 Å². The maximum Gasteiger partial charge on any atom is 0.313 e. The Labute approximate surface area is 90.4 Å². The van der Waals surface area contributed by atoms with Crippen LogP contribution in [-0.4, -0.2) is 24.3 Å². The normalized spacial score (nSPS) is 21.4. The summed E-state index contributed by atoms with van der Waals surface area (Å²) in [6.45, 7) is 4.40. The minimum Gasteiger partial charge on any atom is -0.465 e. The van der Waals surface area contributed by atoms with E-state index in [1.54, 1.807) is 0 Å². The lowest BCUT2D eigenvalue weighted by Gasteiger charge is -2.07. The molecule has 84 valence electrons. The molecule has 0 saturated heterocycles. The Morgan fingerprint density at radius 2 is 2.40 bits per heavy atom. The van der Waals surface area contributed by atoms with Crippen molar-refractivity contribution in [2.24, 2.45) is 5.92 Å². The lowest BCUT2D eigenvalue weighted by Crippen LogP contribution is -2.13. The van der Waals surface area contributed by atoms with E-state index >= 15 is 0 Å². The third kappa shape index (κ3) is 3.88. The van der Waals surface area contributed by atoms with Crippen LogP contribution < -0.4 is 0 Å². The van der Waals surface area contributed by atoms with Gasteiger partial charge in [-0.3, -0.25) is 4.79 Å². The molecule has 0 bridgehead atoms. The molecule has 1 aliphatic rings. The molecule has 15 heavy (non-hydrogen) atoms. The van der Waals surface area contributed by atoms with Gasteiger partial charge < -0.3 is 9.84 Å². The highest BCUT2D eigenvalue weighted by molar-refractivity contribution is 5.75. The summed E-state index contributed by atoms with van der Waals surface area (Å²) < 4.78 is 5.05. The van der Waals surface area contributed by atoms with E-state index in [1.165, 1.54) is 5.57 Å². The van der Waals surface area contributed by atoms with E-state index < -0.39 is 0 Å². The standard InChI is InChI=1S/C12H18O3/c1-9(2)3-4-11-7-10(8-13)5-6-15-12(11)14/h3,7,11,13H,4-6,8H2,1-2H3/t11-/m0/s1. The topological polar surface area (TPSA) is 46.5 Å². The van der Waals surface area contributed by atoms with Crippen molar-refractivity contribution in [3.63, 3.8) is 0 Å². The zero-order chi connectivity index (χ0) is 11.3. The molecule has 1 N–H and O–H groups in total. The molecule has 1 atom stereocenters. The highest BCUT2D eigenvalue weighted by Gasteiger charge is 2.20. The predicted octanol–water partition coefficient (Wildman–Crippen LogP) is 1.82. The number of rotatable bonds is 3. The molecule has 1 heterocycles. The molecule has 0 aromatic rings. The quantitative estimate of drug-likeness (QED) is 0.571. The van der Waals surface area contributed by atoms with Gasteiger partial charge >= 0.3 is 5.97 Å². The maximum absolute atomic E-state index is 11.5. The van der Waals surface area contributed by atoms with Crippen molar-refractivity contribution in [3.05, 3.63) is 23.3 Å². The van der Waals surface area contributed by atoms with Crippen LogP contribution in [0.1, 0.15) is 26.7 Å². The van der Waals surface area contributed by atoms with Crippen LogP contribution in [0.15, 0.2) is 23.3 Å². The second-order valence-corrected chi connectivity index (χ2v) is 4.02. The number of aliphatic hydroxyl groups is 1. The van der Waals surface area contributed by atoms with Gasteiger partial charge in [-0.15, -0.1) is 0 Å². The minimum atomic E-state index is -0.232.